The van der Waals surface area contributed by atoms with Gasteiger partial charge in [-0.3, -0.25) is 0 Å². The zero-order valence-electron chi connectivity index (χ0n) is 10.2. The van der Waals surface area contributed by atoms with Gasteiger partial charge in [-0.2, -0.15) is 0 Å². The van der Waals surface area contributed by atoms with Crippen LogP contribution in [0, 0.1) is 0 Å². The third kappa shape index (κ3) is 5.22. The minimum Gasteiger partial charge on any atom is -0.442 e. The molecule has 94 valence electrons. The van der Waals surface area contributed by atoms with Crippen LogP contribution in [0.4, 0.5) is 4.79 Å². The maximum atomic E-state index is 11.4. The van der Waals surface area contributed by atoms with E-state index in [4.69, 9.17) is 4.74 Å². The normalized spacial score (nSPS) is 11.9. The molecule has 1 amide bonds. The zero-order valence-corrected chi connectivity index (χ0v) is 11.8. The second-order valence-corrected chi connectivity index (χ2v) is 4.80. The molecule has 0 aliphatic heterocycles. The monoisotopic (exact) mass is 299 g/mol. The van der Waals surface area contributed by atoms with Crippen LogP contribution in [0.1, 0.15) is 38.4 Å². The highest BCUT2D eigenvalue weighted by molar-refractivity contribution is 9.10. The molecule has 4 heteroatoms. The molecule has 1 aromatic rings. The lowest BCUT2D eigenvalue weighted by Gasteiger charge is -2.14. The molecule has 0 fully saturated rings. The van der Waals surface area contributed by atoms with Crippen molar-refractivity contribution in [3.8, 4) is 0 Å². The number of alkyl carbamates (subject to hydrolysis) is 1. The summed E-state index contributed by atoms with van der Waals surface area (Å²) in [5.41, 5.74) is 0.985. The van der Waals surface area contributed by atoms with Crippen LogP contribution in [0.15, 0.2) is 28.7 Å². The average Bonchev–Trinajstić information content (AvgIpc) is 2.30. The molecule has 1 aromatic carbocycles. The summed E-state index contributed by atoms with van der Waals surface area (Å²) in [4.78, 5) is 11.4. The minimum absolute atomic E-state index is 0.232. The SMILES string of the molecule is CCCCNC(=O)OC(C)c1ccc(Br)cc1. The number of benzene rings is 1. The largest absolute Gasteiger partial charge is 0.442 e. The second kappa shape index (κ2) is 7.33. The highest BCUT2D eigenvalue weighted by Crippen LogP contribution is 2.19. The maximum absolute atomic E-state index is 11.4. The van der Waals surface area contributed by atoms with Crippen molar-refractivity contribution in [2.45, 2.75) is 32.8 Å². The van der Waals surface area contributed by atoms with Crippen LogP contribution in [-0.4, -0.2) is 12.6 Å². The van der Waals surface area contributed by atoms with Gasteiger partial charge < -0.3 is 10.1 Å². The summed E-state index contributed by atoms with van der Waals surface area (Å²) in [6.45, 7) is 4.61. The van der Waals surface area contributed by atoms with Crippen LogP contribution in [0.2, 0.25) is 0 Å². The first-order valence-electron chi connectivity index (χ1n) is 5.83. The quantitative estimate of drug-likeness (QED) is 0.834. The predicted molar refractivity (Wildman–Crippen MR) is 71.9 cm³/mol. The van der Waals surface area contributed by atoms with E-state index in [1.807, 2.05) is 31.2 Å². The molecular weight excluding hydrogens is 282 g/mol. The van der Waals surface area contributed by atoms with E-state index in [1.54, 1.807) is 0 Å². The highest BCUT2D eigenvalue weighted by atomic mass is 79.9. The molecule has 1 unspecified atom stereocenters. The molecule has 0 saturated carbocycles. The Balaban J connectivity index is 2.40. The van der Waals surface area contributed by atoms with Crippen molar-refractivity contribution in [3.63, 3.8) is 0 Å². The number of hydrogen-bond donors (Lipinski definition) is 1. The van der Waals surface area contributed by atoms with Gasteiger partial charge >= 0.3 is 6.09 Å². The lowest BCUT2D eigenvalue weighted by molar-refractivity contribution is 0.107. The van der Waals surface area contributed by atoms with Crippen molar-refractivity contribution in [1.29, 1.82) is 0 Å². The van der Waals surface area contributed by atoms with E-state index in [0.717, 1.165) is 22.9 Å². The lowest BCUT2D eigenvalue weighted by atomic mass is 10.1. The van der Waals surface area contributed by atoms with Crippen molar-refractivity contribution in [3.05, 3.63) is 34.3 Å². The van der Waals surface area contributed by atoms with Gasteiger partial charge in [0.25, 0.3) is 0 Å². The summed E-state index contributed by atoms with van der Waals surface area (Å²) in [5.74, 6) is 0. The predicted octanol–water partition coefficient (Wildman–Crippen LogP) is 4.04. The Labute approximate surface area is 111 Å². The Morgan fingerprint density at radius 2 is 2.06 bits per heavy atom. The Morgan fingerprint density at radius 1 is 1.41 bits per heavy atom. The number of nitrogens with one attached hydrogen (secondary N) is 1. The van der Waals surface area contributed by atoms with Crippen LogP contribution in [0.3, 0.4) is 0 Å². The second-order valence-electron chi connectivity index (χ2n) is 3.88. The zero-order chi connectivity index (χ0) is 12.7. The first kappa shape index (κ1) is 14.0. The van der Waals surface area contributed by atoms with Gasteiger partial charge in [0.15, 0.2) is 0 Å². The van der Waals surface area contributed by atoms with Gasteiger partial charge in [0, 0.05) is 11.0 Å². The maximum Gasteiger partial charge on any atom is 0.407 e. The Morgan fingerprint density at radius 3 is 2.65 bits per heavy atom. The van der Waals surface area contributed by atoms with E-state index >= 15 is 0 Å². The molecule has 0 saturated heterocycles. The molecule has 0 radical (unpaired) electrons. The summed E-state index contributed by atoms with van der Waals surface area (Å²) in [5, 5.41) is 2.73. The number of rotatable bonds is 5. The molecule has 0 heterocycles. The smallest absolute Gasteiger partial charge is 0.407 e. The van der Waals surface area contributed by atoms with Crippen LogP contribution in [0.5, 0.6) is 0 Å². The van der Waals surface area contributed by atoms with E-state index in [2.05, 4.69) is 28.2 Å². The van der Waals surface area contributed by atoms with Crippen molar-refractivity contribution in [2.75, 3.05) is 6.54 Å². The van der Waals surface area contributed by atoms with Gasteiger partial charge in [0.1, 0.15) is 6.10 Å². The van der Waals surface area contributed by atoms with Crippen molar-refractivity contribution in [2.24, 2.45) is 0 Å². The molecule has 17 heavy (non-hydrogen) atoms. The van der Waals surface area contributed by atoms with Crippen molar-refractivity contribution in [1.82, 2.24) is 5.32 Å². The summed E-state index contributed by atoms with van der Waals surface area (Å²) in [6.07, 6.45) is 1.45. The van der Waals surface area contributed by atoms with E-state index in [9.17, 15) is 4.79 Å². The number of amides is 1. The first-order chi connectivity index (χ1) is 8.13. The van der Waals surface area contributed by atoms with Crippen LogP contribution >= 0.6 is 15.9 Å². The van der Waals surface area contributed by atoms with E-state index in [0.29, 0.717) is 6.54 Å². The highest BCUT2D eigenvalue weighted by Gasteiger charge is 2.10. The summed E-state index contributed by atoms with van der Waals surface area (Å²) < 4.78 is 6.27. The van der Waals surface area contributed by atoms with Crippen LogP contribution < -0.4 is 5.32 Å². The fraction of sp³-hybridized carbons (Fsp3) is 0.462. The number of hydrogen-bond acceptors (Lipinski definition) is 2. The first-order valence-corrected chi connectivity index (χ1v) is 6.62. The molecule has 0 aliphatic carbocycles. The third-order valence-electron chi connectivity index (χ3n) is 2.42. The summed E-state index contributed by atoms with van der Waals surface area (Å²) in [7, 11) is 0. The van der Waals surface area contributed by atoms with E-state index in [1.165, 1.54) is 0 Å². The van der Waals surface area contributed by atoms with Gasteiger partial charge in [0.2, 0.25) is 0 Å². The van der Waals surface area contributed by atoms with E-state index in [-0.39, 0.29) is 12.2 Å². The lowest BCUT2D eigenvalue weighted by Crippen LogP contribution is -2.26. The van der Waals surface area contributed by atoms with Gasteiger partial charge in [-0.15, -0.1) is 0 Å². The van der Waals surface area contributed by atoms with Crippen LogP contribution in [-0.2, 0) is 4.74 Å². The fourth-order valence-corrected chi connectivity index (χ4v) is 1.64. The molecule has 1 N–H and O–H groups in total. The third-order valence-corrected chi connectivity index (χ3v) is 2.95. The fourth-order valence-electron chi connectivity index (χ4n) is 1.37. The number of halogens is 1. The van der Waals surface area contributed by atoms with Crippen molar-refractivity contribution >= 4 is 22.0 Å². The van der Waals surface area contributed by atoms with Gasteiger partial charge in [-0.1, -0.05) is 41.4 Å². The molecule has 0 spiro atoms. The molecular formula is C13H18BrNO2. The Kier molecular flexibility index (Phi) is 6.05. The van der Waals surface area contributed by atoms with Gasteiger partial charge in [-0.05, 0) is 31.0 Å². The number of carbonyl (C=O) groups is 1. The topological polar surface area (TPSA) is 38.3 Å². The summed E-state index contributed by atoms with van der Waals surface area (Å²) >= 11 is 3.37. The number of carbonyl (C=O) groups excluding carboxylic acids is 1. The number of ether oxygens (including phenoxy) is 1. The molecule has 0 aromatic heterocycles. The van der Waals surface area contributed by atoms with Crippen molar-refractivity contribution < 1.29 is 9.53 Å². The van der Waals surface area contributed by atoms with Gasteiger partial charge in [-0.25, -0.2) is 4.79 Å². The molecule has 1 atom stereocenters. The van der Waals surface area contributed by atoms with Crippen LogP contribution in [0.25, 0.3) is 0 Å². The summed E-state index contributed by atoms with van der Waals surface area (Å²) in [6, 6.07) is 7.75. The standard InChI is InChI=1S/C13H18BrNO2/c1-3-4-9-15-13(16)17-10(2)11-5-7-12(14)8-6-11/h5-8,10H,3-4,9H2,1-2H3,(H,15,16). The Hall–Kier alpha value is -1.03. The average molecular weight is 300 g/mol. The molecule has 1 rings (SSSR count). The van der Waals surface area contributed by atoms with E-state index < -0.39 is 0 Å². The number of unbranched alkanes of at least 4 members (excludes halogenated alkanes) is 1. The Bertz CT molecular complexity index is 351. The van der Waals surface area contributed by atoms with Gasteiger partial charge in [0.05, 0.1) is 0 Å². The minimum atomic E-state index is -0.353. The molecule has 0 bridgehead atoms. The molecule has 0 aliphatic rings. The molecule has 3 nitrogen and oxygen atoms in total.